The average Bonchev–Trinajstić information content (AvgIpc) is 2.62. The van der Waals surface area contributed by atoms with Crippen molar-refractivity contribution in [2.45, 2.75) is 27.7 Å². The molecule has 1 heterocycles. The number of hydrogen-bond acceptors (Lipinski definition) is 3. The number of anilines is 1. The van der Waals surface area contributed by atoms with Gasteiger partial charge in [0.05, 0.1) is 12.8 Å². The normalized spacial score (nSPS) is 10.8. The highest BCUT2D eigenvalue weighted by molar-refractivity contribution is 5.76. The maximum absolute atomic E-state index is 6.01. The van der Waals surface area contributed by atoms with Gasteiger partial charge in [0.2, 0.25) is 0 Å². The van der Waals surface area contributed by atoms with E-state index < -0.39 is 0 Å². The fourth-order valence-corrected chi connectivity index (χ4v) is 2.50. The number of ether oxygens (including phenoxy) is 1. The molecule has 0 aliphatic heterocycles. The van der Waals surface area contributed by atoms with E-state index in [1.807, 2.05) is 14.0 Å². The maximum atomic E-state index is 6.01. The van der Waals surface area contributed by atoms with E-state index in [0.29, 0.717) is 5.82 Å². The molecular formula is C15H21N3O. The molecule has 4 heteroatoms. The van der Waals surface area contributed by atoms with Crippen LogP contribution in [-0.2, 0) is 7.05 Å². The molecule has 2 aromatic rings. The first-order valence-corrected chi connectivity index (χ1v) is 6.32. The van der Waals surface area contributed by atoms with Crippen molar-refractivity contribution in [2.75, 3.05) is 12.8 Å². The van der Waals surface area contributed by atoms with Crippen LogP contribution in [0.5, 0.6) is 5.75 Å². The quantitative estimate of drug-likeness (QED) is 0.902. The summed E-state index contributed by atoms with van der Waals surface area (Å²) in [6.45, 7) is 8.26. The molecule has 102 valence electrons. The predicted octanol–water partition coefficient (Wildman–Crippen LogP) is 2.91. The first-order chi connectivity index (χ1) is 8.88. The van der Waals surface area contributed by atoms with Gasteiger partial charge < -0.3 is 10.5 Å². The number of aromatic nitrogens is 2. The lowest BCUT2D eigenvalue weighted by Crippen LogP contribution is -1.98. The van der Waals surface area contributed by atoms with Gasteiger partial charge in [-0.05, 0) is 50.5 Å². The van der Waals surface area contributed by atoms with Gasteiger partial charge in [-0.2, -0.15) is 5.10 Å². The average molecular weight is 259 g/mol. The minimum Gasteiger partial charge on any atom is -0.496 e. The number of benzene rings is 1. The molecule has 0 aliphatic rings. The van der Waals surface area contributed by atoms with Gasteiger partial charge in [0.1, 0.15) is 11.6 Å². The Bertz CT molecular complexity index is 642. The summed E-state index contributed by atoms with van der Waals surface area (Å²) in [4.78, 5) is 0. The number of hydrogen-bond donors (Lipinski definition) is 1. The molecule has 1 aromatic carbocycles. The van der Waals surface area contributed by atoms with Gasteiger partial charge in [0, 0.05) is 18.2 Å². The van der Waals surface area contributed by atoms with Crippen LogP contribution < -0.4 is 10.5 Å². The van der Waals surface area contributed by atoms with Crippen molar-refractivity contribution in [2.24, 2.45) is 7.05 Å². The van der Waals surface area contributed by atoms with Crippen molar-refractivity contribution in [3.05, 3.63) is 28.3 Å². The van der Waals surface area contributed by atoms with E-state index >= 15 is 0 Å². The largest absolute Gasteiger partial charge is 0.496 e. The van der Waals surface area contributed by atoms with E-state index in [1.54, 1.807) is 11.8 Å². The first kappa shape index (κ1) is 13.5. The third-order valence-corrected chi connectivity index (χ3v) is 3.84. The van der Waals surface area contributed by atoms with Crippen molar-refractivity contribution in [3.8, 4) is 17.0 Å². The van der Waals surface area contributed by atoms with Gasteiger partial charge in [-0.1, -0.05) is 0 Å². The number of nitrogens with zero attached hydrogens (tertiary/aromatic N) is 2. The van der Waals surface area contributed by atoms with Crippen molar-refractivity contribution < 1.29 is 4.74 Å². The molecule has 0 spiro atoms. The van der Waals surface area contributed by atoms with Crippen LogP contribution in [0.2, 0.25) is 0 Å². The third kappa shape index (κ3) is 1.97. The molecule has 0 aliphatic carbocycles. The van der Waals surface area contributed by atoms with Gasteiger partial charge >= 0.3 is 0 Å². The molecule has 0 fully saturated rings. The van der Waals surface area contributed by atoms with E-state index in [4.69, 9.17) is 10.5 Å². The molecule has 0 saturated carbocycles. The van der Waals surface area contributed by atoms with Crippen LogP contribution in [0.15, 0.2) is 6.07 Å². The summed E-state index contributed by atoms with van der Waals surface area (Å²) in [6.07, 6.45) is 0. The van der Waals surface area contributed by atoms with E-state index in [1.165, 1.54) is 5.56 Å². The summed E-state index contributed by atoms with van der Waals surface area (Å²) >= 11 is 0. The van der Waals surface area contributed by atoms with Crippen LogP contribution in [0.25, 0.3) is 11.3 Å². The Morgan fingerprint density at radius 1 is 1.11 bits per heavy atom. The molecule has 0 radical (unpaired) electrons. The lowest BCUT2D eigenvalue weighted by Gasteiger charge is -2.15. The molecule has 0 saturated heterocycles. The van der Waals surface area contributed by atoms with E-state index in [0.717, 1.165) is 33.7 Å². The van der Waals surface area contributed by atoms with Crippen LogP contribution >= 0.6 is 0 Å². The summed E-state index contributed by atoms with van der Waals surface area (Å²) in [5, 5.41) is 4.55. The second-order valence-corrected chi connectivity index (χ2v) is 5.00. The number of nitrogen functional groups attached to an aromatic ring is 1. The molecule has 0 bridgehead atoms. The number of aryl methyl sites for hydroxylation is 2. The van der Waals surface area contributed by atoms with Crippen LogP contribution in [0, 0.1) is 27.7 Å². The fraction of sp³-hybridized carbons (Fsp3) is 0.400. The Morgan fingerprint density at radius 3 is 2.21 bits per heavy atom. The summed E-state index contributed by atoms with van der Waals surface area (Å²) < 4.78 is 7.13. The van der Waals surface area contributed by atoms with Gasteiger partial charge in [0.15, 0.2) is 0 Å². The van der Waals surface area contributed by atoms with Crippen molar-refractivity contribution in [3.63, 3.8) is 0 Å². The second-order valence-electron chi connectivity index (χ2n) is 5.00. The van der Waals surface area contributed by atoms with E-state index in [9.17, 15) is 0 Å². The van der Waals surface area contributed by atoms with E-state index in [2.05, 4.69) is 31.9 Å². The van der Waals surface area contributed by atoms with Crippen LogP contribution in [0.1, 0.15) is 22.3 Å². The van der Waals surface area contributed by atoms with Crippen LogP contribution in [-0.4, -0.2) is 16.9 Å². The number of nitrogens with two attached hydrogens (primary N) is 1. The third-order valence-electron chi connectivity index (χ3n) is 3.84. The summed E-state index contributed by atoms with van der Waals surface area (Å²) in [5.41, 5.74) is 12.6. The zero-order chi connectivity index (χ0) is 14.3. The minimum atomic E-state index is 0.710. The Kier molecular flexibility index (Phi) is 3.27. The Labute approximate surface area is 114 Å². The highest BCUT2D eigenvalue weighted by Gasteiger charge is 2.18. The van der Waals surface area contributed by atoms with Crippen molar-refractivity contribution >= 4 is 5.82 Å². The number of rotatable bonds is 2. The van der Waals surface area contributed by atoms with Crippen LogP contribution in [0.4, 0.5) is 5.82 Å². The predicted molar refractivity (Wildman–Crippen MR) is 78.6 cm³/mol. The van der Waals surface area contributed by atoms with Gasteiger partial charge in [-0.3, -0.25) is 4.68 Å². The van der Waals surface area contributed by atoms with Crippen molar-refractivity contribution in [1.82, 2.24) is 9.78 Å². The molecule has 0 unspecified atom stereocenters. The molecule has 0 atom stereocenters. The first-order valence-electron chi connectivity index (χ1n) is 6.32. The monoisotopic (exact) mass is 259 g/mol. The van der Waals surface area contributed by atoms with Gasteiger partial charge in [-0.25, -0.2) is 0 Å². The smallest absolute Gasteiger partial charge is 0.124 e. The minimum absolute atomic E-state index is 0.710. The summed E-state index contributed by atoms with van der Waals surface area (Å²) in [5.74, 6) is 1.63. The van der Waals surface area contributed by atoms with Gasteiger partial charge in [-0.15, -0.1) is 0 Å². The summed E-state index contributed by atoms with van der Waals surface area (Å²) in [7, 11) is 3.57. The van der Waals surface area contributed by atoms with Crippen molar-refractivity contribution in [1.29, 1.82) is 0 Å². The number of methoxy groups -OCH3 is 1. The SMILES string of the molecule is COc1cc(C)c(-c2nn(C)c(N)c2C)c(C)c1C. The Hall–Kier alpha value is -1.97. The lowest BCUT2D eigenvalue weighted by molar-refractivity contribution is 0.411. The zero-order valence-corrected chi connectivity index (χ0v) is 12.5. The molecule has 4 nitrogen and oxygen atoms in total. The highest BCUT2D eigenvalue weighted by Crippen LogP contribution is 2.36. The van der Waals surface area contributed by atoms with Gasteiger partial charge in [0.25, 0.3) is 0 Å². The standard InChI is InChI=1S/C15H21N3O/c1-8-7-12(19-6)9(2)10(3)13(8)14-11(4)15(16)18(5)17-14/h7H,16H2,1-6H3. The topological polar surface area (TPSA) is 53.1 Å². The fourth-order valence-electron chi connectivity index (χ4n) is 2.50. The Balaban J connectivity index is 2.76. The molecule has 2 rings (SSSR count). The zero-order valence-electron chi connectivity index (χ0n) is 12.5. The van der Waals surface area contributed by atoms with E-state index in [-0.39, 0.29) is 0 Å². The molecule has 1 aromatic heterocycles. The molecule has 2 N–H and O–H groups in total. The lowest BCUT2D eigenvalue weighted by atomic mass is 9.93. The second kappa shape index (κ2) is 4.61. The maximum Gasteiger partial charge on any atom is 0.124 e. The molecule has 19 heavy (non-hydrogen) atoms. The molecular weight excluding hydrogens is 238 g/mol. The summed E-state index contributed by atoms with van der Waals surface area (Å²) in [6, 6.07) is 2.06. The van der Waals surface area contributed by atoms with Crippen LogP contribution in [0.3, 0.4) is 0 Å². The highest BCUT2D eigenvalue weighted by atomic mass is 16.5. The molecule has 0 amide bonds. The Morgan fingerprint density at radius 2 is 1.74 bits per heavy atom.